The van der Waals surface area contributed by atoms with Gasteiger partial charge in [-0.15, -0.1) is 0 Å². The largest absolute Gasteiger partial charge is 0.300 e. The molecule has 0 aliphatic carbocycles. The molecule has 1 heterocycles. The van der Waals surface area contributed by atoms with E-state index in [1.54, 1.807) is 0 Å². The van der Waals surface area contributed by atoms with Crippen molar-refractivity contribution in [3.8, 4) is 0 Å². The lowest BCUT2D eigenvalue weighted by molar-refractivity contribution is 0.152. The van der Waals surface area contributed by atoms with E-state index in [1.165, 1.54) is 19.5 Å². The van der Waals surface area contributed by atoms with Crippen LogP contribution in [0.15, 0.2) is 0 Å². The molecule has 0 spiro atoms. The predicted octanol–water partition coefficient (Wildman–Crippen LogP) is 2.04. The topological polar surface area (TPSA) is 3.24 Å². The molecule has 0 N–H and O–H groups in total. The van der Waals surface area contributed by atoms with Crippen LogP contribution in [-0.2, 0) is 0 Å². The summed E-state index contributed by atoms with van der Waals surface area (Å²) in [7, 11) is 0. The number of rotatable bonds is 1. The summed E-state index contributed by atoms with van der Waals surface area (Å²) in [4.78, 5) is 2.52. The maximum Gasteiger partial charge on any atom is 0.0147 e. The van der Waals surface area contributed by atoms with Gasteiger partial charge in [-0.25, -0.2) is 0 Å². The molecule has 1 fully saturated rings. The SMILES string of the molecule is CC1CC(S)CN(C(C)C)C1. The molecule has 1 nitrogen and oxygen atoms in total. The van der Waals surface area contributed by atoms with Crippen LogP contribution in [0.2, 0.25) is 0 Å². The Labute approximate surface area is 75.6 Å². The first-order valence-electron chi connectivity index (χ1n) is 4.51. The molecule has 66 valence electrons. The number of thiol groups is 1. The van der Waals surface area contributed by atoms with Crippen molar-refractivity contribution >= 4 is 12.6 Å². The van der Waals surface area contributed by atoms with Crippen LogP contribution in [0.4, 0.5) is 0 Å². The Bertz CT molecular complexity index is 115. The van der Waals surface area contributed by atoms with E-state index in [2.05, 4.69) is 38.3 Å². The molecule has 2 atom stereocenters. The van der Waals surface area contributed by atoms with Gasteiger partial charge in [0.25, 0.3) is 0 Å². The van der Waals surface area contributed by atoms with E-state index in [1.807, 2.05) is 0 Å². The summed E-state index contributed by atoms with van der Waals surface area (Å²) < 4.78 is 0. The Hall–Kier alpha value is 0.310. The smallest absolute Gasteiger partial charge is 0.0147 e. The first-order valence-corrected chi connectivity index (χ1v) is 5.03. The summed E-state index contributed by atoms with van der Waals surface area (Å²) >= 11 is 4.53. The molecule has 1 saturated heterocycles. The third-order valence-corrected chi connectivity index (χ3v) is 2.77. The third-order valence-electron chi connectivity index (χ3n) is 2.40. The van der Waals surface area contributed by atoms with Crippen LogP contribution in [0.25, 0.3) is 0 Å². The molecular weight excluding hydrogens is 154 g/mol. The standard InChI is InChI=1S/C9H19NS/c1-7(2)10-5-8(3)4-9(11)6-10/h7-9,11H,4-6H2,1-3H3. The second-order valence-electron chi connectivity index (χ2n) is 4.04. The van der Waals surface area contributed by atoms with Crippen molar-refractivity contribution in [3.05, 3.63) is 0 Å². The molecule has 2 unspecified atom stereocenters. The summed E-state index contributed by atoms with van der Waals surface area (Å²) in [6.07, 6.45) is 1.28. The van der Waals surface area contributed by atoms with Gasteiger partial charge in [0.1, 0.15) is 0 Å². The Morgan fingerprint density at radius 2 is 2.00 bits per heavy atom. The Balaban J connectivity index is 2.43. The zero-order valence-electron chi connectivity index (χ0n) is 7.75. The lowest BCUT2D eigenvalue weighted by Crippen LogP contribution is -2.43. The number of likely N-dealkylation sites (tertiary alicyclic amines) is 1. The van der Waals surface area contributed by atoms with E-state index < -0.39 is 0 Å². The lowest BCUT2D eigenvalue weighted by atomic mass is 9.99. The van der Waals surface area contributed by atoms with Crippen LogP contribution < -0.4 is 0 Å². The van der Waals surface area contributed by atoms with Crippen molar-refractivity contribution in [3.63, 3.8) is 0 Å². The molecule has 0 bridgehead atoms. The molecule has 1 aliphatic heterocycles. The molecule has 0 saturated carbocycles. The molecule has 0 radical (unpaired) electrons. The van der Waals surface area contributed by atoms with Gasteiger partial charge < -0.3 is 0 Å². The predicted molar refractivity (Wildman–Crippen MR) is 53.3 cm³/mol. The molecular formula is C9H19NS. The van der Waals surface area contributed by atoms with Crippen molar-refractivity contribution in [1.29, 1.82) is 0 Å². The van der Waals surface area contributed by atoms with Gasteiger partial charge in [0, 0.05) is 24.4 Å². The zero-order valence-corrected chi connectivity index (χ0v) is 8.64. The molecule has 0 aromatic carbocycles. The van der Waals surface area contributed by atoms with Crippen LogP contribution in [0.5, 0.6) is 0 Å². The van der Waals surface area contributed by atoms with Crippen molar-refractivity contribution in [1.82, 2.24) is 4.90 Å². The normalized spacial score (nSPS) is 34.6. The summed E-state index contributed by atoms with van der Waals surface area (Å²) in [5.74, 6) is 0.827. The van der Waals surface area contributed by atoms with E-state index in [-0.39, 0.29) is 0 Å². The highest BCUT2D eigenvalue weighted by molar-refractivity contribution is 7.81. The van der Waals surface area contributed by atoms with Gasteiger partial charge in [-0.2, -0.15) is 12.6 Å². The van der Waals surface area contributed by atoms with Gasteiger partial charge in [0.15, 0.2) is 0 Å². The van der Waals surface area contributed by atoms with Crippen LogP contribution in [-0.4, -0.2) is 29.3 Å². The van der Waals surface area contributed by atoms with Crippen LogP contribution in [0.3, 0.4) is 0 Å². The van der Waals surface area contributed by atoms with E-state index in [0.29, 0.717) is 11.3 Å². The fourth-order valence-corrected chi connectivity index (χ4v) is 2.35. The summed E-state index contributed by atoms with van der Waals surface area (Å²) in [5, 5.41) is 0.598. The molecule has 0 aromatic heterocycles. The minimum absolute atomic E-state index is 0.598. The van der Waals surface area contributed by atoms with Gasteiger partial charge in [-0.3, -0.25) is 4.90 Å². The Morgan fingerprint density at radius 3 is 2.45 bits per heavy atom. The van der Waals surface area contributed by atoms with Crippen molar-refractivity contribution in [2.75, 3.05) is 13.1 Å². The molecule has 1 rings (SSSR count). The van der Waals surface area contributed by atoms with Crippen LogP contribution >= 0.6 is 12.6 Å². The minimum Gasteiger partial charge on any atom is -0.300 e. The Kier molecular flexibility index (Phi) is 3.26. The van der Waals surface area contributed by atoms with Crippen LogP contribution in [0.1, 0.15) is 27.2 Å². The van der Waals surface area contributed by atoms with E-state index in [4.69, 9.17) is 0 Å². The molecule has 11 heavy (non-hydrogen) atoms. The Morgan fingerprint density at radius 1 is 1.36 bits per heavy atom. The van der Waals surface area contributed by atoms with Gasteiger partial charge in [0.05, 0.1) is 0 Å². The van der Waals surface area contributed by atoms with Crippen molar-refractivity contribution in [2.24, 2.45) is 5.92 Å². The second-order valence-corrected chi connectivity index (χ2v) is 4.77. The fourth-order valence-electron chi connectivity index (χ4n) is 1.78. The lowest BCUT2D eigenvalue weighted by Gasteiger charge is -2.37. The molecule has 0 amide bonds. The third kappa shape index (κ3) is 2.68. The fraction of sp³-hybridized carbons (Fsp3) is 1.00. The highest BCUT2D eigenvalue weighted by Crippen LogP contribution is 2.21. The average Bonchev–Trinajstić information content (AvgIpc) is 1.85. The van der Waals surface area contributed by atoms with E-state index in [9.17, 15) is 0 Å². The maximum absolute atomic E-state index is 4.53. The first-order chi connectivity index (χ1) is 5.09. The average molecular weight is 173 g/mol. The second kappa shape index (κ2) is 3.81. The summed E-state index contributed by atoms with van der Waals surface area (Å²) in [6.45, 7) is 9.27. The zero-order chi connectivity index (χ0) is 8.43. The number of nitrogens with zero attached hydrogens (tertiary/aromatic N) is 1. The quantitative estimate of drug-likeness (QED) is 0.594. The van der Waals surface area contributed by atoms with Gasteiger partial charge in [-0.05, 0) is 26.2 Å². The van der Waals surface area contributed by atoms with E-state index >= 15 is 0 Å². The molecule has 2 heteroatoms. The van der Waals surface area contributed by atoms with Crippen molar-refractivity contribution < 1.29 is 0 Å². The minimum atomic E-state index is 0.598. The first kappa shape index (κ1) is 9.40. The van der Waals surface area contributed by atoms with E-state index in [0.717, 1.165) is 5.92 Å². The van der Waals surface area contributed by atoms with Gasteiger partial charge in [0.2, 0.25) is 0 Å². The van der Waals surface area contributed by atoms with Gasteiger partial charge in [-0.1, -0.05) is 6.92 Å². The summed E-state index contributed by atoms with van der Waals surface area (Å²) in [6, 6.07) is 0.687. The molecule has 0 aromatic rings. The number of piperidine rings is 1. The number of hydrogen-bond acceptors (Lipinski definition) is 2. The highest BCUT2D eigenvalue weighted by atomic mass is 32.1. The summed E-state index contributed by atoms with van der Waals surface area (Å²) in [5.41, 5.74) is 0. The maximum atomic E-state index is 4.53. The number of hydrogen-bond donors (Lipinski definition) is 1. The monoisotopic (exact) mass is 173 g/mol. The van der Waals surface area contributed by atoms with Crippen LogP contribution in [0, 0.1) is 5.92 Å². The molecule has 1 aliphatic rings. The van der Waals surface area contributed by atoms with Gasteiger partial charge >= 0.3 is 0 Å². The van der Waals surface area contributed by atoms with Crippen molar-refractivity contribution in [2.45, 2.75) is 38.5 Å². The highest BCUT2D eigenvalue weighted by Gasteiger charge is 2.23.